The van der Waals surface area contributed by atoms with Gasteiger partial charge in [0.1, 0.15) is 5.37 Å². The van der Waals surface area contributed by atoms with Gasteiger partial charge in [-0.3, -0.25) is 5.32 Å². The summed E-state index contributed by atoms with van der Waals surface area (Å²) in [6.07, 6.45) is 1.69. The quantitative estimate of drug-likeness (QED) is 0.625. The summed E-state index contributed by atoms with van der Waals surface area (Å²) in [6.45, 7) is 0.817. The molecule has 0 aliphatic carbocycles. The molecule has 1 fully saturated rings. The summed E-state index contributed by atoms with van der Waals surface area (Å²) in [7, 11) is 0.0752. The first-order chi connectivity index (χ1) is 5.05. The van der Waals surface area contributed by atoms with Gasteiger partial charge in [0.05, 0.1) is 0 Å². The van der Waals surface area contributed by atoms with Crippen LogP contribution in [-0.2, 0) is 10.0 Å². The average molecular weight is 178 g/mol. The lowest BCUT2D eigenvalue weighted by molar-refractivity contribution is 0.498. The van der Waals surface area contributed by atoms with E-state index >= 15 is 0 Å². The Bertz CT molecular complexity index is 217. The number of rotatable bonds is 2. The van der Waals surface area contributed by atoms with Gasteiger partial charge in [-0.15, -0.1) is 0 Å². The first-order valence-electron chi connectivity index (χ1n) is 3.70. The highest BCUT2D eigenvalue weighted by Crippen LogP contribution is 2.13. The van der Waals surface area contributed by atoms with Crippen molar-refractivity contribution in [1.29, 1.82) is 0 Å². The molecular formula is C6H14N2O2S. The first kappa shape index (κ1) is 8.96. The van der Waals surface area contributed by atoms with Crippen LogP contribution in [0.1, 0.15) is 12.8 Å². The second kappa shape index (κ2) is 3.08. The minimum absolute atomic E-state index is 0.350. The van der Waals surface area contributed by atoms with Crippen molar-refractivity contribution < 1.29 is 8.42 Å². The van der Waals surface area contributed by atoms with E-state index in [-0.39, 0.29) is 5.37 Å². The molecular weight excluding hydrogens is 164 g/mol. The van der Waals surface area contributed by atoms with E-state index in [9.17, 15) is 8.42 Å². The van der Waals surface area contributed by atoms with E-state index in [4.69, 9.17) is 0 Å². The SMILES string of the molecule is CN(C)S(=O)(=O)C1CCCN1. The lowest BCUT2D eigenvalue weighted by atomic mass is 10.4. The summed E-state index contributed by atoms with van der Waals surface area (Å²) in [5.74, 6) is 0. The van der Waals surface area contributed by atoms with Crippen molar-refractivity contribution >= 4 is 10.0 Å². The molecule has 0 amide bonds. The molecule has 0 spiro atoms. The molecule has 0 aromatic carbocycles. The molecule has 11 heavy (non-hydrogen) atoms. The van der Waals surface area contributed by atoms with Gasteiger partial charge >= 0.3 is 0 Å². The van der Waals surface area contributed by atoms with E-state index in [0.717, 1.165) is 19.4 Å². The Morgan fingerprint density at radius 3 is 2.45 bits per heavy atom. The highest BCUT2D eigenvalue weighted by molar-refractivity contribution is 7.89. The number of nitrogens with one attached hydrogen (secondary N) is 1. The van der Waals surface area contributed by atoms with E-state index in [1.807, 2.05) is 0 Å². The van der Waals surface area contributed by atoms with Crippen LogP contribution in [0, 0.1) is 0 Å². The second-order valence-corrected chi connectivity index (χ2v) is 5.24. The number of hydrogen-bond donors (Lipinski definition) is 1. The molecule has 0 radical (unpaired) electrons. The van der Waals surface area contributed by atoms with E-state index in [1.54, 1.807) is 14.1 Å². The van der Waals surface area contributed by atoms with Crippen LogP contribution in [0.25, 0.3) is 0 Å². The summed E-state index contributed by atoms with van der Waals surface area (Å²) in [5.41, 5.74) is 0. The van der Waals surface area contributed by atoms with E-state index in [1.165, 1.54) is 4.31 Å². The van der Waals surface area contributed by atoms with Crippen LogP contribution in [0.2, 0.25) is 0 Å². The van der Waals surface area contributed by atoms with E-state index < -0.39 is 10.0 Å². The Balaban J connectivity index is 2.72. The highest BCUT2D eigenvalue weighted by Gasteiger charge is 2.29. The van der Waals surface area contributed by atoms with Gasteiger partial charge in [-0.2, -0.15) is 0 Å². The molecule has 0 bridgehead atoms. The predicted molar refractivity (Wildman–Crippen MR) is 43.6 cm³/mol. The van der Waals surface area contributed by atoms with Crippen molar-refractivity contribution in [2.24, 2.45) is 0 Å². The summed E-state index contributed by atoms with van der Waals surface area (Å²) >= 11 is 0. The Hall–Kier alpha value is -0.130. The van der Waals surface area contributed by atoms with Gasteiger partial charge in [0, 0.05) is 14.1 Å². The summed E-state index contributed by atoms with van der Waals surface area (Å²) in [6, 6.07) is 0. The molecule has 1 aliphatic heterocycles. The molecule has 0 aromatic rings. The molecule has 1 atom stereocenters. The normalized spacial score (nSPS) is 26.3. The van der Waals surface area contributed by atoms with Crippen molar-refractivity contribution in [1.82, 2.24) is 9.62 Å². The zero-order chi connectivity index (χ0) is 8.48. The van der Waals surface area contributed by atoms with Crippen molar-refractivity contribution in [3.8, 4) is 0 Å². The van der Waals surface area contributed by atoms with Crippen LogP contribution in [0.4, 0.5) is 0 Å². The molecule has 5 heteroatoms. The van der Waals surface area contributed by atoms with Crippen LogP contribution in [0.3, 0.4) is 0 Å². The predicted octanol–water partition coefficient (Wildman–Crippen LogP) is -0.413. The van der Waals surface area contributed by atoms with Crippen molar-refractivity contribution in [3.63, 3.8) is 0 Å². The molecule has 1 unspecified atom stereocenters. The van der Waals surface area contributed by atoms with Crippen LogP contribution in [-0.4, -0.2) is 38.7 Å². The molecule has 0 saturated carbocycles. The highest BCUT2D eigenvalue weighted by atomic mass is 32.2. The van der Waals surface area contributed by atoms with Gasteiger partial charge in [-0.1, -0.05) is 0 Å². The minimum Gasteiger partial charge on any atom is -0.300 e. The fourth-order valence-corrected chi connectivity index (χ4v) is 2.46. The summed E-state index contributed by atoms with van der Waals surface area (Å²) in [5, 5.41) is 2.60. The second-order valence-electron chi connectivity index (χ2n) is 2.91. The lowest BCUT2D eigenvalue weighted by Crippen LogP contribution is -2.39. The monoisotopic (exact) mass is 178 g/mol. The fourth-order valence-electron chi connectivity index (χ4n) is 1.16. The van der Waals surface area contributed by atoms with Gasteiger partial charge in [-0.25, -0.2) is 12.7 Å². The average Bonchev–Trinajstić information content (AvgIpc) is 2.37. The van der Waals surface area contributed by atoms with Crippen molar-refractivity contribution in [3.05, 3.63) is 0 Å². The molecule has 0 aromatic heterocycles. The van der Waals surface area contributed by atoms with Gasteiger partial charge < -0.3 is 0 Å². The van der Waals surface area contributed by atoms with E-state index in [0.29, 0.717) is 0 Å². The zero-order valence-corrected chi connectivity index (χ0v) is 7.69. The molecule has 1 N–H and O–H groups in total. The van der Waals surface area contributed by atoms with E-state index in [2.05, 4.69) is 5.32 Å². The summed E-state index contributed by atoms with van der Waals surface area (Å²) in [4.78, 5) is 0. The maximum absolute atomic E-state index is 11.4. The van der Waals surface area contributed by atoms with Crippen LogP contribution >= 0.6 is 0 Å². The number of nitrogens with zero attached hydrogens (tertiary/aromatic N) is 1. The Kier molecular flexibility index (Phi) is 2.51. The largest absolute Gasteiger partial charge is 0.300 e. The lowest BCUT2D eigenvalue weighted by Gasteiger charge is -2.16. The zero-order valence-electron chi connectivity index (χ0n) is 6.87. The Labute approximate surface area is 67.6 Å². The molecule has 1 heterocycles. The van der Waals surface area contributed by atoms with Gasteiger partial charge in [0.25, 0.3) is 0 Å². The maximum atomic E-state index is 11.4. The van der Waals surface area contributed by atoms with Gasteiger partial charge in [-0.05, 0) is 19.4 Å². The third-order valence-corrected chi connectivity index (χ3v) is 4.02. The molecule has 66 valence electrons. The fraction of sp³-hybridized carbons (Fsp3) is 1.00. The maximum Gasteiger partial charge on any atom is 0.229 e. The summed E-state index contributed by atoms with van der Waals surface area (Å²) < 4.78 is 24.1. The topological polar surface area (TPSA) is 49.4 Å². The molecule has 4 nitrogen and oxygen atoms in total. The van der Waals surface area contributed by atoms with Crippen molar-refractivity contribution in [2.45, 2.75) is 18.2 Å². The van der Waals surface area contributed by atoms with Crippen LogP contribution in [0.15, 0.2) is 0 Å². The smallest absolute Gasteiger partial charge is 0.229 e. The van der Waals surface area contributed by atoms with Crippen molar-refractivity contribution in [2.75, 3.05) is 20.6 Å². The number of hydrogen-bond acceptors (Lipinski definition) is 3. The third-order valence-electron chi connectivity index (χ3n) is 1.88. The van der Waals surface area contributed by atoms with Crippen LogP contribution < -0.4 is 5.32 Å². The third kappa shape index (κ3) is 1.72. The first-order valence-corrected chi connectivity index (χ1v) is 5.20. The molecule has 1 rings (SSSR count). The van der Waals surface area contributed by atoms with Gasteiger partial charge in [0.2, 0.25) is 10.0 Å². The van der Waals surface area contributed by atoms with Gasteiger partial charge in [0.15, 0.2) is 0 Å². The number of sulfonamides is 1. The Morgan fingerprint density at radius 1 is 1.45 bits per heavy atom. The molecule has 1 aliphatic rings. The standard InChI is InChI=1S/C6H14N2O2S/c1-8(2)11(9,10)6-4-3-5-7-6/h6-7H,3-5H2,1-2H3. The van der Waals surface area contributed by atoms with Crippen LogP contribution in [0.5, 0.6) is 0 Å². The molecule has 1 saturated heterocycles. The minimum atomic E-state index is -3.05. The Morgan fingerprint density at radius 2 is 2.09 bits per heavy atom.